The van der Waals surface area contributed by atoms with E-state index in [0.29, 0.717) is 6.42 Å². The molecule has 0 saturated heterocycles. The van der Waals surface area contributed by atoms with E-state index in [4.69, 9.17) is 0 Å². The van der Waals surface area contributed by atoms with E-state index in [9.17, 15) is 4.39 Å². The van der Waals surface area contributed by atoms with E-state index in [-0.39, 0.29) is 6.67 Å². The molecule has 1 rings (SSSR count). The summed E-state index contributed by atoms with van der Waals surface area (Å²) in [6, 6.07) is 6.21. The molecule has 0 aliphatic carbocycles. The van der Waals surface area contributed by atoms with Crippen molar-refractivity contribution >= 4 is 0 Å². The third-order valence-corrected chi connectivity index (χ3v) is 2.30. The number of benzene rings is 1. The molecular formula is C11H15F. The van der Waals surface area contributed by atoms with Crippen molar-refractivity contribution in [2.45, 2.75) is 26.7 Å². The van der Waals surface area contributed by atoms with Crippen molar-refractivity contribution in [3.63, 3.8) is 0 Å². The SMILES string of the molecule is Cc1cccc(CCCF)c1C. The molecule has 1 aromatic carbocycles. The first-order valence-corrected chi connectivity index (χ1v) is 4.36. The Balaban J connectivity index is 2.78. The first kappa shape index (κ1) is 9.24. The fourth-order valence-electron chi connectivity index (χ4n) is 1.34. The summed E-state index contributed by atoms with van der Waals surface area (Å²) in [6.45, 7) is 3.98. The maximum absolute atomic E-state index is 11.9. The van der Waals surface area contributed by atoms with Crippen LogP contribution in [0.5, 0.6) is 0 Å². The standard InChI is InChI=1S/C11H15F/c1-9-5-3-6-11(10(9)2)7-4-8-12/h3,5-6H,4,7-8H2,1-2H3. The summed E-state index contributed by atoms with van der Waals surface area (Å²) in [5.74, 6) is 0. The number of halogens is 1. The Bertz CT molecular complexity index is 253. The molecule has 0 aliphatic heterocycles. The third kappa shape index (κ3) is 2.07. The van der Waals surface area contributed by atoms with Gasteiger partial charge in [0.25, 0.3) is 0 Å². The van der Waals surface area contributed by atoms with Gasteiger partial charge in [-0.25, -0.2) is 0 Å². The van der Waals surface area contributed by atoms with Crippen LogP contribution in [0.25, 0.3) is 0 Å². The molecule has 1 heteroatoms. The zero-order valence-corrected chi connectivity index (χ0v) is 7.73. The lowest BCUT2D eigenvalue weighted by atomic mass is 10.0. The summed E-state index contributed by atoms with van der Waals surface area (Å²) in [4.78, 5) is 0. The van der Waals surface area contributed by atoms with Crippen molar-refractivity contribution in [3.05, 3.63) is 34.9 Å². The summed E-state index contributed by atoms with van der Waals surface area (Å²) in [5, 5.41) is 0. The van der Waals surface area contributed by atoms with E-state index >= 15 is 0 Å². The molecule has 12 heavy (non-hydrogen) atoms. The van der Waals surface area contributed by atoms with Crippen LogP contribution >= 0.6 is 0 Å². The fraction of sp³-hybridized carbons (Fsp3) is 0.455. The van der Waals surface area contributed by atoms with Gasteiger partial charge in [-0.05, 0) is 43.4 Å². The van der Waals surface area contributed by atoms with Gasteiger partial charge in [0.15, 0.2) is 0 Å². The molecule has 0 radical (unpaired) electrons. The molecule has 0 nitrogen and oxygen atoms in total. The van der Waals surface area contributed by atoms with Crippen molar-refractivity contribution in [3.8, 4) is 0 Å². The molecule has 0 aromatic heterocycles. The molecule has 0 amide bonds. The lowest BCUT2D eigenvalue weighted by Gasteiger charge is -2.06. The summed E-state index contributed by atoms with van der Waals surface area (Å²) in [5.41, 5.74) is 3.89. The summed E-state index contributed by atoms with van der Waals surface area (Å²) in [6.07, 6.45) is 1.51. The minimum atomic E-state index is -0.215. The maximum Gasteiger partial charge on any atom is 0.0897 e. The van der Waals surface area contributed by atoms with E-state index in [0.717, 1.165) is 6.42 Å². The lowest BCUT2D eigenvalue weighted by Crippen LogP contribution is -1.92. The molecule has 1 aromatic rings. The second-order valence-electron chi connectivity index (χ2n) is 3.15. The number of aryl methyl sites for hydroxylation is 2. The predicted molar refractivity (Wildman–Crippen MR) is 50.2 cm³/mol. The quantitative estimate of drug-likeness (QED) is 0.646. The Kier molecular flexibility index (Phi) is 3.27. The van der Waals surface area contributed by atoms with Gasteiger partial charge in [0.05, 0.1) is 6.67 Å². The minimum absolute atomic E-state index is 0.215. The summed E-state index contributed by atoms with van der Waals surface area (Å²) < 4.78 is 11.9. The van der Waals surface area contributed by atoms with Crippen molar-refractivity contribution in [2.24, 2.45) is 0 Å². The molecule has 0 N–H and O–H groups in total. The van der Waals surface area contributed by atoms with Crippen molar-refractivity contribution < 1.29 is 4.39 Å². The van der Waals surface area contributed by atoms with Crippen LogP contribution in [0.4, 0.5) is 4.39 Å². The third-order valence-electron chi connectivity index (χ3n) is 2.30. The van der Waals surface area contributed by atoms with Crippen LogP contribution in [0.3, 0.4) is 0 Å². The molecular weight excluding hydrogens is 151 g/mol. The second kappa shape index (κ2) is 4.24. The monoisotopic (exact) mass is 166 g/mol. The smallest absolute Gasteiger partial charge is 0.0897 e. The molecule has 0 bridgehead atoms. The summed E-state index contributed by atoms with van der Waals surface area (Å²) >= 11 is 0. The van der Waals surface area contributed by atoms with E-state index in [1.165, 1.54) is 16.7 Å². The van der Waals surface area contributed by atoms with Gasteiger partial charge in [0, 0.05) is 0 Å². The van der Waals surface area contributed by atoms with Crippen molar-refractivity contribution in [2.75, 3.05) is 6.67 Å². The number of rotatable bonds is 3. The van der Waals surface area contributed by atoms with E-state index in [2.05, 4.69) is 26.0 Å². The van der Waals surface area contributed by atoms with Crippen LogP contribution in [-0.2, 0) is 6.42 Å². The van der Waals surface area contributed by atoms with Crippen LogP contribution in [0, 0.1) is 13.8 Å². The highest BCUT2D eigenvalue weighted by atomic mass is 19.1. The fourth-order valence-corrected chi connectivity index (χ4v) is 1.34. The number of alkyl halides is 1. The van der Waals surface area contributed by atoms with Gasteiger partial charge in [-0.1, -0.05) is 18.2 Å². The van der Waals surface area contributed by atoms with Gasteiger partial charge in [-0.15, -0.1) is 0 Å². The average molecular weight is 166 g/mol. The molecule has 0 aliphatic rings. The lowest BCUT2D eigenvalue weighted by molar-refractivity contribution is 0.472. The topological polar surface area (TPSA) is 0 Å². The van der Waals surface area contributed by atoms with Gasteiger partial charge >= 0.3 is 0 Å². The highest BCUT2D eigenvalue weighted by molar-refractivity contribution is 5.33. The van der Waals surface area contributed by atoms with Crippen LogP contribution < -0.4 is 0 Å². The number of hydrogen-bond donors (Lipinski definition) is 0. The highest BCUT2D eigenvalue weighted by Crippen LogP contribution is 2.14. The van der Waals surface area contributed by atoms with Gasteiger partial charge in [0.1, 0.15) is 0 Å². The minimum Gasteiger partial charge on any atom is -0.251 e. The molecule has 0 atom stereocenters. The second-order valence-corrected chi connectivity index (χ2v) is 3.15. The van der Waals surface area contributed by atoms with Gasteiger partial charge in [-0.2, -0.15) is 0 Å². The van der Waals surface area contributed by atoms with E-state index < -0.39 is 0 Å². The first-order valence-electron chi connectivity index (χ1n) is 4.36. The zero-order valence-electron chi connectivity index (χ0n) is 7.73. The van der Waals surface area contributed by atoms with Crippen LogP contribution in [0.2, 0.25) is 0 Å². The van der Waals surface area contributed by atoms with Crippen molar-refractivity contribution in [1.82, 2.24) is 0 Å². The molecule has 0 saturated carbocycles. The van der Waals surface area contributed by atoms with Gasteiger partial charge in [0.2, 0.25) is 0 Å². The molecule has 0 fully saturated rings. The Hall–Kier alpha value is -0.850. The molecule has 0 spiro atoms. The maximum atomic E-state index is 11.9. The van der Waals surface area contributed by atoms with Gasteiger partial charge in [-0.3, -0.25) is 4.39 Å². The largest absolute Gasteiger partial charge is 0.251 e. The Morgan fingerprint density at radius 2 is 2.00 bits per heavy atom. The molecule has 66 valence electrons. The Labute approximate surface area is 73.4 Å². The molecule has 0 heterocycles. The van der Waals surface area contributed by atoms with Crippen LogP contribution in [-0.4, -0.2) is 6.67 Å². The highest BCUT2D eigenvalue weighted by Gasteiger charge is 1.99. The van der Waals surface area contributed by atoms with E-state index in [1.54, 1.807) is 0 Å². The predicted octanol–water partition coefficient (Wildman–Crippen LogP) is 3.21. The molecule has 0 unspecified atom stereocenters. The number of hydrogen-bond acceptors (Lipinski definition) is 0. The Morgan fingerprint density at radius 3 is 2.67 bits per heavy atom. The van der Waals surface area contributed by atoms with Crippen LogP contribution in [0.1, 0.15) is 23.1 Å². The zero-order chi connectivity index (χ0) is 8.97. The first-order chi connectivity index (χ1) is 5.75. The van der Waals surface area contributed by atoms with Crippen molar-refractivity contribution in [1.29, 1.82) is 0 Å². The van der Waals surface area contributed by atoms with Crippen LogP contribution in [0.15, 0.2) is 18.2 Å². The average Bonchev–Trinajstić information content (AvgIpc) is 2.08. The summed E-state index contributed by atoms with van der Waals surface area (Å²) in [7, 11) is 0. The van der Waals surface area contributed by atoms with Gasteiger partial charge < -0.3 is 0 Å². The van der Waals surface area contributed by atoms with E-state index in [1.807, 2.05) is 6.07 Å². The Morgan fingerprint density at radius 1 is 1.25 bits per heavy atom. The normalized spacial score (nSPS) is 10.2.